The van der Waals surface area contributed by atoms with Gasteiger partial charge in [0.1, 0.15) is 6.04 Å². The van der Waals surface area contributed by atoms with Crippen molar-refractivity contribution in [2.75, 3.05) is 5.32 Å². The fourth-order valence-electron chi connectivity index (χ4n) is 3.37. The molecule has 3 rings (SSSR count). The third-order valence-electron chi connectivity index (χ3n) is 4.92. The number of hydrogen-bond acceptors (Lipinski definition) is 3. The molecule has 140 valence electrons. The van der Waals surface area contributed by atoms with Gasteiger partial charge in [0.25, 0.3) is 11.8 Å². The average molecular weight is 385 g/mol. The molecule has 2 aromatic rings. The predicted octanol–water partition coefficient (Wildman–Crippen LogP) is 4.09. The van der Waals surface area contributed by atoms with Crippen LogP contribution in [-0.4, -0.2) is 28.7 Å². The molecule has 3 amide bonds. The normalized spacial score (nSPS) is 14.3. The summed E-state index contributed by atoms with van der Waals surface area (Å²) in [6.07, 6.45) is 1.38. The number of fused-ring (bicyclic) bond motifs is 1. The summed E-state index contributed by atoms with van der Waals surface area (Å²) in [4.78, 5) is 39.1. The highest BCUT2D eigenvalue weighted by Crippen LogP contribution is 2.30. The molecule has 5 nitrogen and oxygen atoms in total. The van der Waals surface area contributed by atoms with Crippen LogP contribution >= 0.6 is 11.6 Å². The van der Waals surface area contributed by atoms with Crippen molar-refractivity contribution in [2.24, 2.45) is 0 Å². The SMILES string of the molecule is CCc1ccc(Cl)c(CC)c1NC(=O)[C@H](C)N1C(=O)c2ccccc2C1=O. The van der Waals surface area contributed by atoms with Crippen LogP contribution < -0.4 is 5.32 Å². The summed E-state index contributed by atoms with van der Waals surface area (Å²) in [5, 5.41) is 3.48. The summed E-state index contributed by atoms with van der Waals surface area (Å²) >= 11 is 6.29. The Kier molecular flexibility index (Phi) is 5.33. The largest absolute Gasteiger partial charge is 0.324 e. The van der Waals surface area contributed by atoms with Gasteiger partial charge in [-0.1, -0.05) is 43.6 Å². The lowest BCUT2D eigenvalue weighted by Gasteiger charge is -2.23. The van der Waals surface area contributed by atoms with E-state index in [0.717, 1.165) is 22.4 Å². The minimum atomic E-state index is -0.939. The van der Waals surface area contributed by atoms with Crippen molar-refractivity contribution >= 4 is 35.0 Å². The molecule has 0 bridgehead atoms. The number of anilines is 1. The number of nitrogens with one attached hydrogen (secondary N) is 1. The van der Waals surface area contributed by atoms with Crippen LogP contribution in [0.25, 0.3) is 0 Å². The highest BCUT2D eigenvalue weighted by atomic mass is 35.5. The lowest BCUT2D eigenvalue weighted by molar-refractivity contribution is -0.119. The summed E-state index contributed by atoms with van der Waals surface area (Å²) in [6.45, 7) is 5.51. The van der Waals surface area contributed by atoms with Crippen molar-refractivity contribution in [3.63, 3.8) is 0 Å². The molecule has 1 heterocycles. The molecule has 6 heteroatoms. The first-order valence-corrected chi connectivity index (χ1v) is 9.36. The van der Waals surface area contributed by atoms with Gasteiger partial charge in [-0.25, -0.2) is 0 Å². The summed E-state index contributed by atoms with van der Waals surface area (Å²) in [5.41, 5.74) is 3.13. The van der Waals surface area contributed by atoms with E-state index < -0.39 is 23.8 Å². The van der Waals surface area contributed by atoms with Gasteiger partial charge in [-0.15, -0.1) is 0 Å². The van der Waals surface area contributed by atoms with E-state index in [1.165, 1.54) is 0 Å². The van der Waals surface area contributed by atoms with E-state index >= 15 is 0 Å². The molecule has 1 aliphatic rings. The Hall–Kier alpha value is -2.66. The Morgan fingerprint density at radius 3 is 2.15 bits per heavy atom. The minimum Gasteiger partial charge on any atom is -0.324 e. The zero-order chi connectivity index (χ0) is 19.7. The highest BCUT2D eigenvalue weighted by molar-refractivity contribution is 6.32. The number of amides is 3. The number of halogens is 1. The number of imide groups is 1. The molecule has 0 fully saturated rings. The molecule has 1 atom stereocenters. The Balaban J connectivity index is 1.89. The second-order valence-corrected chi connectivity index (χ2v) is 6.87. The number of rotatable bonds is 5. The van der Waals surface area contributed by atoms with Gasteiger partial charge in [-0.2, -0.15) is 0 Å². The van der Waals surface area contributed by atoms with Crippen LogP contribution in [0.2, 0.25) is 5.02 Å². The zero-order valence-electron chi connectivity index (χ0n) is 15.5. The molecule has 1 N–H and O–H groups in total. The molecule has 0 radical (unpaired) electrons. The predicted molar refractivity (Wildman–Crippen MR) is 105 cm³/mol. The van der Waals surface area contributed by atoms with Crippen LogP contribution in [0.4, 0.5) is 5.69 Å². The Morgan fingerprint density at radius 2 is 1.63 bits per heavy atom. The lowest BCUT2D eigenvalue weighted by atomic mass is 10.0. The summed E-state index contributed by atoms with van der Waals surface area (Å²) < 4.78 is 0. The van der Waals surface area contributed by atoms with E-state index in [9.17, 15) is 14.4 Å². The molecular formula is C21H21ClN2O3. The third kappa shape index (κ3) is 3.23. The van der Waals surface area contributed by atoms with Crippen molar-refractivity contribution in [1.29, 1.82) is 0 Å². The second kappa shape index (κ2) is 7.53. The van der Waals surface area contributed by atoms with Crippen LogP contribution in [0.5, 0.6) is 0 Å². The Labute approximate surface area is 163 Å². The molecule has 0 spiro atoms. The average Bonchev–Trinajstić information content (AvgIpc) is 2.92. The highest BCUT2D eigenvalue weighted by Gasteiger charge is 2.40. The van der Waals surface area contributed by atoms with Crippen LogP contribution in [0.15, 0.2) is 36.4 Å². The molecule has 27 heavy (non-hydrogen) atoms. The maximum absolute atomic E-state index is 12.9. The van der Waals surface area contributed by atoms with Gasteiger partial charge in [0.05, 0.1) is 11.1 Å². The van der Waals surface area contributed by atoms with E-state index in [1.54, 1.807) is 31.2 Å². The Morgan fingerprint density at radius 1 is 1.04 bits per heavy atom. The van der Waals surface area contributed by atoms with Crippen LogP contribution in [-0.2, 0) is 17.6 Å². The summed E-state index contributed by atoms with van der Waals surface area (Å²) in [7, 11) is 0. The number of hydrogen-bond donors (Lipinski definition) is 1. The maximum Gasteiger partial charge on any atom is 0.262 e. The number of carbonyl (C=O) groups is 3. The van der Waals surface area contributed by atoms with Gasteiger partial charge >= 0.3 is 0 Å². The van der Waals surface area contributed by atoms with Crippen LogP contribution in [0.3, 0.4) is 0 Å². The van der Waals surface area contributed by atoms with E-state index in [0.29, 0.717) is 28.3 Å². The monoisotopic (exact) mass is 384 g/mol. The van der Waals surface area contributed by atoms with Crippen molar-refractivity contribution in [3.05, 3.63) is 63.7 Å². The molecule has 0 unspecified atom stereocenters. The van der Waals surface area contributed by atoms with Crippen molar-refractivity contribution in [3.8, 4) is 0 Å². The third-order valence-corrected chi connectivity index (χ3v) is 5.27. The van der Waals surface area contributed by atoms with E-state index in [2.05, 4.69) is 5.32 Å². The van der Waals surface area contributed by atoms with Gasteiger partial charge in [0.2, 0.25) is 5.91 Å². The first-order valence-electron chi connectivity index (χ1n) is 8.98. The Bertz CT molecular complexity index is 904. The first kappa shape index (κ1) is 19.1. The van der Waals surface area contributed by atoms with Gasteiger partial charge in [-0.05, 0) is 49.1 Å². The van der Waals surface area contributed by atoms with Crippen molar-refractivity contribution in [2.45, 2.75) is 39.7 Å². The van der Waals surface area contributed by atoms with Crippen LogP contribution in [0, 0.1) is 0 Å². The standard InChI is InChI=1S/C21H21ClN2O3/c1-4-13-10-11-17(22)14(5-2)18(13)23-19(25)12(3)24-20(26)15-8-6-7-9-16(15)21(24)27/h6-12H,4-5H2,1-3H3,(H,23,25)/t12-/m0/s1. The zero-order valence-corrected chi connectivity index (χ0v) is 16.3. The number of benzene rings is 2. The van der Waals surface area contributed by atoms with E-state index in [1.807, 2.05) is 26.0 Å². The molecule has 1 aliphatic heterocycles. The quantitative estimate of drug-likeness (QED) is 0.789. The molecule has 0 aliphatic carbocycles. The van der Waals surface area contributed by atoms with Crippen molar-refractivity contribution < 1.29 is 14.4 Å². The van der Waals surface area contributed by atoms with Gasteiger partial charge in [0.15, 0.2) is 0 Å². The van der Waals surface area contributed by atoms with Gasteiger partial charge < -0.3 is 5.32 Å². The first-order chi connectivity index (χ1) is 12.9. The number of nitrogens with zero attached hydrogens (tertiary/aromatic N) is 1. The number of aryl methyl sites for hydroxylation is 1. The molecular weight excluding hydrogens is 364 g/mol. The molecule has 0 saturated carbocycles. The maximum atomic E-state index is 12.9. The fourth-order valence-corrected chi connectivity index (χ4v) is 3.66. The molecule has 2 aromatic carbocycles. The minimum absolute atomic E-state index is 0.327. The summed E-state index contributed by atoms with van der Waals surface area (Å²) in [6, 6.07) is 9.36. The fraction of sp³-hybridized carbons (Fsp3) is 0.286. The summed E-state index contributed by atoms with van der Waals surface area (Å²) in [5.74, 6) is -1.32. The lowest BCUT2D eigenvalue weighted by Crippen LogP contribution is -2.45. The second-order valence-electron chi connectivity index (χ2n) is 6.46. The van der Waals surface area contributed by atoms with Crippen molar-refractivity contribution in [1.82, 2.24) is 4.90 Å². The van der Waals surface area contributed by atoms with Gasteiger partial charge in [0, 0.05) is 10.7 Å². The smallest absolute Gasteiger partial charge is 0.262 e. The molecule has 0 aromatic heterocycles. The van der Waals surface area contributed by atoms with E-state index in [-0.39, 0.29) is 0 Å². The van der Waals surface area contributed by atoms with Gasteiger partial charge in [-0.3, -0.25) is 19.3 Å². The molecule has 0 saturated heterocycles. The van der Waals surface area contributed by atoms with E-state index in [4.69, 9.17) is 11.6 Å². The topological polar surface area (TPSA) is 66.5 Å². The van der Waals surface area contributed by atoms with Crippen LogP contribution in [0.1, 0.15) is 52.6 Å². The number of carbonyl (C=O) groups excluding carboxylic acids is 3.